The number of carbonyl (C=O) groups is 1. The maximum Gasteiger partial charge on any atom is 0.255 e. The van der Waals surface area contributed by atoms with Crippen LogP contribution in [0.25, 0.3) is 0 Å². The summed E-state index contributed by atoms with van der Waals surface area (Å²) in [7, 11) is -1.12. The lowest BCUT2D eigenvalue weighted by atomic mass is 10.2. The Morgan fingerprint density at radius 2 is 1.96 bits per heavy atom. The van der Waals surface area contributed by atoms with Crippen molar-refractivity contribution in [2.24, 2.45) is 5.10 Å². The van der Waals surface area contributed by atoms with Gasteiger partial charge >= 0.3 is 0 Å². The molecule has 1 amide bonds. The van der Waals surface area contributed by atoms with Crippen LogP contribution in [0.15, 0.2) is 52.5 Å². The number of likely N-dealkylation sites (N-methyl/N-ethyl adjacent to an activating group) is 1. The van der Waals surface area contributed by atoms with Crippen molar-refractivity contribution in [3.05, 3.63) is 53.1 Å². The van der Waals surface area contributed by atoms with Gasteiger partial charge in [0.05, 0.1) is 24.8 Å². The van der Waals surface area contributed by atoms with Gasteiger partial charge in [0.2, 0.25) is 10.0 Å². The Balaban J connectivity index is 1.97. The Morgan fingerprint density at radius 3 is 2.59 bits per heavy atom. The minimum atomic E-state index is -3.82. The molecule has 0 radical (unpaired) electrons. The first-order chi connectivity index (χ1) is 12.7. The molecule has 0 aromatic heterocycles. The predicted molar refractivity (Wildman–Crippen MR) is 102 cm³/mol. The molecule has 2 rings (SSSR count). The molecule has 0 spiro atoms. The van der Waals surface area contributed by atoms with E-state index >= 15 is 0 Å². The normalized spacial score (nSPS) is 11.7. The van der Waals surface area contributed by atoms with E-state index in [1.165, 1.54) is 56.8 Å². The summed E-state index contributed by atoms with van der Waals surface area (Å²) in [5.41, 5.74) is 2.82. The summed E-state index contributed by atoms with van der Waals surface area (Å²) in [6, 6.07) is 10.2. The lowest BCUT2D eigenvalue weighted by Crippen LogP contribution is -2.36. The highest BCUT2D eigenvalue weighted by atomic mass is 35.5. The molecule has 10 heteroatoms. The van der Waals surface area contributed by atoms with Gasteiger partial charge in [-0.2, -0.15) is 9.41 Å². The van der Waals surface area contributed by atoms with E-state index in [0.717, 1.165) is 4.31 Å². The van der Waals surface area contributed by atoms with Crippen LogP contribution in [0.2, 0.25) is 5.02 Å². The van der Waals surface area contributed by atoms with Gasteiger partial charge in [0.25, 0.3) is 5.91 Å². The van der Waals surface area contributed by atoms with Gasteiger partial charge in [-0.25, -0.2) is 13.8 Å². The number of nitrogens with one attached hydrogen (secondary N) is 1. The number of carbonyl (C=O) groups excluding carboxylic acids is 1. The van der Waals surface area contributed by atoms with Crippen molar-refractivity contribution in [3.8, 4) is 11.5 Å². The number of hydrazone groups is 1. The predicted octanol–water partition coefficient (Wildman–Crippen LogP) is 1.82. The largest absolute Gasteiger partial charge is 0.504 e. The molecule has 2 N–H and O–H groups in total. The molecular formula is C17H18ClN3O5S. The third-order valence-electron chi connectivity index (χ3n) is 3.49. The molecule has 0 fully saturated rings. The van der Waals surface area contributed by atoms with Crippen LogP contribution in [0.5, 0.6) is 11.5 Å². The lowest BCUT2D eigenvalue weighted by Gasteiger charge is -2.16. The summed E-state index contributed by atoms with van der Waals surface area (Å²) >= 11 is 5.75. The average molecular weight is 412 g/mol. The fourth-order valence-electron chi connectivity index (χ4n) is 2.06. The number of hydrogen-bond donors (Lipinski definition) is 2. The van der Waals surface area contributed by atoms with Crippen LogP contribution < -0.4 is 10.2 Å². The molecule has 2 aromatic carbocycles. The number of sulfonamides is 1. The highest BCUT2D eigenvalue weighted by Crippen LogP contribution is 2.25. The van der Waals surface area contributed by atoms with E-state index in [-0.39, 0.29) is 16.4 Å². The number of aromatic hydroxyl groups is 1. The minimum absolute atomic E-state index is 0.0206. The molecule has 144 valence electrons. The van der Waals surface area contributed by atoms with E-state index in [9.17, 15) is 18.3 Å². The third-order valence-corrected chi connectivity index (χ3v) is 5.56. The van der Waals surface area contributed by atoms with E-state index in [4.69, 9.17) is 16.3 Å². The second-order valence-electron chi connectivity index (χ2n) is 5.44. The van der Waals surface area contributed by atoms with Gasteiger partial charge in [0.15, 0.2) is 11.5 Å². The summed E-state index contributed by atoms with van der Waals surface area (Å²) in [6.07, 6.45) is 1.34. The number of phenols is 1. The number of amides is 1. The third kappa shape index (κ3) is 5.43. The molecule has 0 bridgehead atoms. The quantitative estimate of drug-likeness (QED) is 0.533. The fourth-order valence-corrected chi connectivity index (χ4v) is 3.32. The first-order valence-corrected chi connectivity index (χ1v) is 9.46. The van der Waals surface area contributed by atoms with Crippen LogP contribution in [-0.4, -0.2) is 50.7 Å². The smallest absolute Gasteiger partial charge is 0.255 e. The molecular weight excluding hydrogens is 394 g/mol. The molecule has 27 heavy (non-hydrogen) atoms. The van der Waals surface area contributed by atoms with Crippen LogP contribution >= 0.6 is 11.6 Å². The number of rotatable bonds is 7. The van der Waals surface area contributed by atoms with E-state index in [1.54, 1.807) is 6.07 Å². The zero-order chi connectivity index (χ0) is 20.0. The van der Waals surface area contributed by atoms with E-state index in [1.807, 2.05) is 0 Å². The van der Waals surface area contributed by atoms with Crippen LogP contribution in [0.4, 0.5) is 0 Å². The second kappa shape index (κ2) is 8.85. The fraction of sp³-hybridized carbons (Fsp3) is 0.176. The Morgan fingerprint density at radius 1 is 1.30 bits per heavy atom. The van der Waals surface area contributed by atoms with Gasteiger partial charge in [-0.3, -0.25) is 4.79 Å². The summed E-state index contributed by atoms with van der Waals surface area (Å²) < 4.78 is 30.7. The van der Waals surface area contributed by atoms with E-state index < -0.39 is 22.5 Å². The number of methoxy groups -OCH3 is 1. The van der Waals surface area contributed by atoms with Crippen molar-refractivity contribution >= 4 is 33.7 Å². The van der Waals surface area contributed by atoms with Gasteiger partial charge in [-0.05, 0) is 48.0 Å². The van der Waals surface area contributed by atoms with Gasteiger partial charge < -0.3 is 9.84 Å². The van der Waals surface area contributed by atoms with Crippen LogP contribution in [0.3, 0.4) is 0 Å². The highest BCUT2D eigenvalue weighted by Gasteiger charge is 2.22. The summed E-state index contributed by atoms with van der Waals surface area (Å²) in [4.78, 5) is 12.0. The van der Waals surface area contributed by atoms with Crippen molar-refractivity contribution in [3.63, 3.8) is 0 Å². The van der Waals surface area contributed by atoms with Gasteiger partial charge in [0.1, 0.15) is 0 Å². The molecule has 0 saturated carbocycles. The average Bonchev–Trinajstić information content (AvgIpc) is 2.63. The van der Waals surface area contributed by atoms with Crippen molar-refractivity contribution in [1.82, 2.24) is 9.73 Å². The van der Waals surface area contributed by atoms with Crippen molar-refractivity contribution in [1.29, 1.82) is 0 Å². The number of halogens is 1. The molecule has 0 aliphatic heterocycles. The molecule has 0 atom stereocenters. The first-order valence-electron chi connectivity index (χ1n) is 7.65. The minimum Gasteiger partial charge on any atom is -0.504 e. The van der Waals surface area contributed by atoms with E-state index in [2.05, 4.69) is 10.5 Å². The maximum absolute atomic E-state index is 12.4. The Kier molecular flexibility index (Phi) is 6.78. The zero-order valence-electron chi connectivity index (χ0n) is 14.6. The van der Waals surface area contributed by atoms with E-state index in [0.29, 0.717) is 10.6 Å². The maximum atomic E-state index is 12.4. The molecule has 2 aromatic rings. The van der Waals surface area contributed by atoms with Gasteiger partial charge in [-0.15, -0.1) is 0 Å². The Bertz CT molecular complexity index is 946. The molecule has 0 aliphatic carbocycles. The van der Waals surface area contributed by atoms with Crippen LogP contribution in [0, 0.1) is 0 Å². The summed E-state index contributed by atoms with van der Waals surface area (Å²) in [5, 5.41) is 13.7. The second-order valence-corrected chi connectivity index (χ2v) is 7.92. The molecule has 8 nitrogen and oxygen atoms in total. The van der Waals surface area contributed by atoms with Crippen molar-refractivity contribution < 1.29 is 23.1 Å². The molecule has 0 unspecified atom stereocenters. The SMILES string of the molecule is COc1cc(/C=N\NC(=O)CN(C)S(=O)(=O)c2ccc(Cl)cc2)ccc1O. The van der Waals surface area contributed by atoms with Crippen LogP contribution in [0.1, 0.15) is 5.56 Å². The zero-order valence-corrected chi connectivity index (χ0v) is 16.2. The van der Waals surface area contributed by atoms with Crippen molar-refractivity contribution in [2.75, 3.05) is 20.7 Å². The number of nitrogens with zero attached hydrogens (tertiary/aromatic N) is 2. The highest BCUT2D eigenvalue weighted by molar-refractivity contribution is 7.89. The molecule has 0 heterocycles. The molecule has 0 aliphatic rings. The first kappa shape index (κ1) is 20.7. The Hall–Kier alpha value is -2.62. The summed E-state index contributed by atoms with van der Waals surface area (Å²) in [6.45, 7) is -0.415. The Labute approximate surface area is 162 Å². The van der Waals surface area contributed by atoms with Gasteiger partial charge in [0, 0.05) is 12.1 Å². The number of hydrogen-bond acceptors (Lipinski definition) is 6. The summed E-state index contributed by atoms with van der Waals surface area (Å²) in [5.74, 6) is -0.371. The standard InChI is InChI=1S/C17H18ClN3O5S/c1-21(27(24,25)14-6-4-13(18)5-7-14)11-17(23)20-19-10-12-3-8-15(22)16(9-12)26-2/h3-10,22H,11H2,1-2H3,(H,20,23)/b19-10-. The van der Waals surface area contributed by atoms with Crippen molar-refractivity contribution in [2.45, 2.75) is 4.90 Å². The molecule has 0 saturated heterocycles. The topological polar surface area (TPSA) is 108 Å². The lowest BCUT2D eigenvalue weighted by molar-refractivity contribution is -0.121. The monoisotopic (exact) mass is 411 g/mol. The van der Waals surface area contributed by atoms with Crippen LogP contribution in [-0.2, 0) is 14.8 Å². The number of ether oxygens (including phenoxy) is 1. The number of benzene rings is 2. The number of phenolic OH excluding ortho intramolecular Hbond substituents is 1. The van der Waals surface area contributed by atoms with Gasteiger partial charge in [-0.1, -0.05) is 11.6 Å².